The minimum Gasteiger partial charge on any atom is -0.481 e. The first-order chi connectivity index (χ1) is 12.1. The van der Waals surface area contributed by atoms with Gasteiger partial charge in [-0.15, -0.1) is 0 Å². The van der Waals surface area contributed by atoms with E-state index in [2.05, 4.69) is 10.4 Å². The summed E-state index contributed by atoms with van der Waals surface area (Å²) in [6.07, 6.45) is 5.75. The van der Waals surface area contributed by atoms with Gasteiger partial charge in [-0.05, 0) is 37.5 Å². The van der Waals surface area contributed by atoms with Gasteiger partial charge in [-0.3, -0.25) is 14.3 Å². The molecule has 0 aliphatic carbocycles. The molecular weight excluding hydrogens is 320 g/mol. The lowest BCUT2D eigenvalue weighted by atomic mass is 10.1. The summed E-state index contributed by atoms with van der Waals surface area (Å²) in [6.45, 7) is 3.35. The number of aryl methyl sites for hydroxylation is 1. The number of carbonyl (C=O) groups is 2. The fourth-order valence-electron chi connectivity index (χ4n) is 3.51. The lowest BCUT2D eigenvalue weighted by Crippen LogP contribution is -2.39. The van der Waals surface area contributed by atoms with Gasteiger partial charge in [-0.2, -0.15) is 5.10 Å². The van der Waals surface area contributed by atoms with Crippen LogP contribution in [0.1, 0.15) is 28.8 Å². The zero-order valence-corrected chi connectivity index (χ0v) is 14.1. The van der Waals surface area contributed by atoms with Crippen molar-refractivity contribution in [2.75, 3.05) is 18.5 Å². The van der Waals surface area contributed by atoms with Crippen LogP contribution in [0.3, 0.4) is 0 Å². The monoisotopic (exact) mass is 340 g/mol. The summed E-state index contributed by atoms with van der Waals surface area (Å²) in [4.78, 5) is 26.5. The quantitative estimate of drug-likeness (QED) is 0.925. The maximum Gasteiger partial charge on any atom is 0.262 e. The van der Waals surface area contributed by atoms with E-state index in [0.29, 0.717) is 23.5 Å². The van der Waals surface area contributed by atoms with Crippen LogP contribution < -0.4 is 10.1 Å². The molecule has 2 aromatic rings. The van der Waals surface area contributed by atoms with Crippen LogP contribution in [0.15, 0.2) is 30.6 Å². The molecule has 1 aromatic heterocycles. The summed E-state index contributed by atoms with van der Waals surface area (Å²) in [6, 6.07) is 5.38. The van der Waals surface area contributed by atoms with Crippen LogP contribution in [0.4, 0.5) is 5.69 Å². The van der Waals surface area contributed by atoms with Crippen molar-refractivity contribution in [3.63, 3.8) is 0 Å². The first-order valence-electron chi connectivity index (χ1n) is 8.47. The predicted molar refractivity (Wildman–Crippen MR) is 91.6 cm³/mol. The number of benzene rings is 1. The average molecular weight is 340 g/mol. The highest BCUT2D eigenvalue weighted by atomic mass is 16.5. The van der Waals surface area contributed by atoms with E-state index in [4.69, 9.17) is 4.74 Å². The first kappa shape index (κ1) is 15.7. The number of ether oxygens (including phenoxy) is 1. The molecule has 0 unspecified atom stereocenters. The number of carbonyl (C=O) groups excluding carboxylic acids is 2. The van der Waals surface area contributed by atoms with Gasteiger partial charge < -0.3 is 15.0 Å². The predicted octanol–water partition coefficient (Wildman–Crippen LogP) is 1.83. The van der Waals surface area contributed by atoms with Gasteiger partial charge in [0, 0.05) is 12.7 Å². The third-order valence-corrected chi connectivity index (χ3v) is 4.67. The summed E-state index contributed by atoms with van der Waals surface area (Å²) in [5.74, 6) is 0.206. The first-order valence-corrected chi connectivity index (χ1v) is 8.47. The molecule has 4 rings (SSSR count). The van der Waals surface area contributed by atoms with Gasteiger partial charge in [0.15, 0.2) is 12.4 Å². The van der Waals surface area contributed by atoms with Crippen molar-refractivity contribution in [2.24, 2.45) is 0 Å². The molecule has 0 radical (unpaired) electrons. The smallest absolute Gasteiger partial charge is 0.262 e. The summed E-state index contributed by atoms with van der Waals surface area (Å²) in [7, 11) is 0. The van der Waals surface area contributed by atoms with Gasteiger partial charge in [0.2, 0.25) is 0 Å². The Hall–Kier alpha value is -2.83. The molecule has 1 saturated heterocycles. The van der Waals surface area contributed by atoms with Crippen molar-refractivity contribution in [2.45, 2.75) is 32.4 Å². The topological polar surface area (TPSA) is 76.5 Å². The van der Waals surface area contributed by atoms with E-state index in [-0.39, 0.29) is 24.5 Å². The molecule has 2 aliphatic rings. The number of anilines is 1. The lowest BCUT2D eigenvalue weighted by Gasteiger charge is -2.27. The number of rotatable bonds is 3. The molecule has 25 heavy (non-hydrogen) atoms. The number of likely N-dealkylation sites (tertiary alicyclic amines) is 1. The molecule has 0 saturated carbocycles. The van der Waals surface area contributed by atoms with Crippen LogP contribution in [0.25, 0.3) is 0 Å². The van der Waals surface area contributed by atoms with E-state index in [1.165, 1.54) is 0 Å². The Balaban J connectivity index is 1.58. The fraction of sp³-hybridized carbons (Fsp3) is 0.389. The standard InChI is InChI=1S/C18H20N4O3/c1-12-8-19-21(9-12)10-13-4-3-7-22(13)18(24)14-5-2-6-15-17(14)25-11-16(23)20-15/h2,5-6,8-9,13H,3-4,7,10-11H2,1H3,(H,20,23)/t13-/m1/s1. The summed E-state index contributed by atoms with van der Waals surface area (Å²) < 4.78 is 7.42. The third kappa shape index (κ3) is 2.97. The second-order valence-electron chi connectivity index (χ2n) is 6.55. The third-order valence-electron chi connectivity index (χ3n) is 4.67. The van der Waals surface area contributed by atoms with Gasteiger partial charge in [-0.1, -0.05) is 6.07 Å². The van der Waals surface area contributed by atoms with Gasteiger partial charge in [0.05, 0.1) is 30.0 Å². The van der Waals surface area contributed by atoms with Crippen LogP contribution in [0.5, 0.6) is 5.75 Å². The van der Waals surface area contributed by atoms with Crippen molar-refractivity contribution in [3.8, 4) is 5.75 Å². The summed E-state index contributed by atoms with van der Waals surface area (Å²) in [5.41, 5.74) is 2.17. The average Bonchev–Trinajstić information content (AvgIpc) is 3.22. The number of para-hydroxylation sites is 1. The molecule has 7 nitrogen and oxygen atoms in total. The maximum atomic E-state index is 13.1. The molecule has 3 heterocycles. The van der Waals surface area contributed by atoms with Gasteiger partial charge in [0.1, 0.15) is 0 Å². The lowest BCUT2D eigenvalue weighted by molar-refractivity contribution is -0.118. The van der Waals surface area contributed by atoms with Crippen molar-refractivity contribution >= 4 is 17.5 Å². The second-order valence-corrected chi connectivity index (χ2v) is 6.55. The number of fused-ring (bicyclic) bond motifs is 1. The molecule has 1 fully saturated rings. The van der Waals surface area contributed by atoms with Crippen molar-refractivity contribution in [1.82, 2.24) is 14.7 Å². The molecular formula is C18H20N4O3. The number of amides is 2. The maximum absolute atomic E-state index is 13.1. The van der Waals surface area contributed by atoms with E-state index >= 15 is 0 Å². The Kier molecular flexibility index (Phi) is 3.91. The number of hydrogen-bond donors (Lipinski definition) is 1. The highest BCUT2D eigenvalue weighted by Crippen LogP contribution is 2.33. The van der Waals surface area contributed by atoms with Crippen LogP contribution in [0, 0.1) is 6.92 Å². The number of hydrogen-bond acceptors (Lipinski definition) is 4. The molecule has 1 aromatic carbocycles. The number of nitrogens with one attached hydrogen (secondary N) is 1. The Morgan fingerprint density at radius 3 is 3.12 bits per heavy atom. The highest BCUT2D eigenvalue weighted by molar-refractivity contribution is 6.03. The molecule has 130 valence electrons. The normalized spacial score (nSPS) is 19.3. The van der Waals surface area contributed by atoms with Crippen molar-refractivity contribution in [3.05, 3.63) is 41.7 Å². The van der Waals surface area contributed by atoms with Crippen molar-refractivity contribution in [1.29, 1.82) is 0 Å². The SMILES string of the molecule is Cc1cnn(C[C@H]2CCCN2C(=O)c2cccc3c2OCC(=O)N3)c1. The summed E-state index contributed by atoms with van der Waals surface area (Å²) >= 11 is 0. The van der Waals surface area contributed by atoms with E-state index in [9.17, 15) is 9.59 Å². The molecule has 0 spiro atoms. The van der Waals surface area contributed by atoms with Gasteiger partial charge in [-0.25, -0.2) is 0 Å². The molecule has 0 bridgehead atoms. The molecule has 1 atom stereocenters. The Morgan fingerprint density at radius 2 is 2.32 bits per heavy atom. The summed E-state index contributed by atoms with van der Waals surface area (Å²) in [5, 5.41) is 7.08. The second kappa shape index (κ2) is 6.23. The van der Waals surface area contributed by atoms with Crippen LogP contribution in [-0.2, 0) is 11.3 Å². The van der Waals surface area contributed by atoms with Crippen LogP contribution in [0.2, 0.25) is 0 Å². The number of aromatic nitrogens is 2. The van der Waals surface area contributed by atoms with Crippen LogP contribution >= 0.6 is 0 Å². The molecule has 1 N–H and O–H groups in total. The highest BCUT2D eigenvalue weighted by Gasteiger charge is 2.32. The zero-order valence-electron chi connectivity index (χ0n) is 14.1. The number of nitrogens with zero attached hydrogens (tertiary/aromatic N) is 3. The molecule has 7 heteroatoms. The van der Waals surface area contributed by atoms with E-state index in [0.717, 1.165) is 24.9 Å². The van der Waals surface area contributed by atoms with E-state index < -0.39 is 0 Å². The molecule has 2 amide bonds. The largest absolute Gasteiger partial charge is 0.481 e. The van der Waals surface area contributed by atoms with Crippen molar-refractivity contribution < 1.29 is 14.3 Å². The van der Waals surface area contributed by atoms with Crippen LogP contribution in [-0.4, -0.2) is 45.7 Å². The Bertz CT molecular complexity index is 829. The minimum atomic E-state index is -0.204. The van der Waals surface area contributed by atoms with Gasteiger partial charge in [0.25, 0.3) is 11.8 Å². The fourth-order valence-corrected chi connectivity index (χ4v) is 3.51. The Morgan fingerprint density at radius 1 is 1.44 bits per heavy atom. The van der Waals surface area contributed by atoms with E-state index in [1.807, 2.05) is 28.9 Å². The zero-order chi connectivity index (χ0) is 17.4. The van der Waals surface area contributed by atoms with Gasteiger partial charge >= 0.3 is 0 Å². The van der Waals surface area contributed by atoms with E-state index in [1.54, 1.807) is 18.2 Å². The molecule has 2 aliphatic heterocycles. The minimum absolute atomic E-state index is 0.0561. The Labute approximate surface area is 145 Å².